The van der Waals surface area contributed by atoms with Gasteiger partial charge in [0.2, 0.25) is 6.41 Å². The Morgan fingerprint density at radius 2 is 2.10 bits per heavy atom. The Labute approximate surface area is 116 Å². The molecule has 2 aromatic rings. The predicted octanol–water partition coefficient (Wildman–Crippen LogP) is 2.11. The molecule has 0 radical (unpaired) electrons. The number of carboxylic acids is 1. The summed E-state index contributed by atoms with van der Waals surface area (Å²) in [6.07, 6.45) is 0.303. The normalized spacial score (nSPS) is 11.8. The van der Waals surface area contributed by atoms with Crippen LogP contribution in [-0.4, -0.2) is 24.6 Å². The van der Waals surface area contributed by atoms with Crippen molar-refractivity contribution in [1.82, 2.24) is 5.32 Å². The fourth-order valence-corrected chi connectivity index (χ4v) is 2.31. The van der Waals surface area contributed by atoms with E-state index < -0.39 is 12.0 Å². The summed E-state index contributed by atoms with van der Waals surface area (Å²) >= 11 is 0. The van der Waals surface area contributed by atoms with Gasteiger partial charge in [-0.1, -0.05) is 30.3 Å². The minimum atomic E-state index is -0.987. The van der Waals surface area contributed by atoms with Gasteiger partial charge in [-0.2, -0.15) is 0 Å². The summed E-state index contributed by atoms with van der Waals surface area (Å²) in [5.41, 5.74) is 0.681. The maximum Gasteiger partial charge on any atom is 0.305 e. The average Bonchev–Trinajstić information content (AvgIpc) is 2.45. The van der Waals surface area contributed by atoms with E-state index in [4.69, 9.17) is 9.84 Å². The predicted molar refractivity (Wildman–Crippen MR) is 74.7 cm³/mol. The number of carbonyl (C=O) groups excluding carboxylic acids is 1. The molecule has 2 rings (SSSR count). The van der Waals surface area contributed by atoms with Crippen molar-refractivity contribution in [2.45, 2.75) is 12.5 Å². The third-order valence-electron chi connectivity index (χ3n) is 3.15. The zero-order valence-electron chi connectivity index (χ0n) is 11.0. The lowest BCUT2D eigenvalue weighted by Gasteiger charge is -2.20. The third-order valence-corrected chi connectivity index (χ3v) is 3.15. The number of carboxylic acid groups (broad SMARTS) is 1. The molecule has 2 aromatic carbocycles. The van der Waals surface area contributed by atoms with Crippen molar-refractivity contribution in [3.05, 3.63) is 42.0 Å². The number of rotatable bonds is 6. The van der Waals surface area contributed by atoms with Crippen LogP contribution in [0.3, 0.4) is 0 Å². The highest BCUT2D eigenvalue weighted by molar-refractivity contribution is 5.89. The molecule has 1 unspecified atom stereocenters. The first-order chi connectivity index (χ1) is 9.67. The van der Waals surface area contributed by atoms with Gasteiger partial charge in [-0.3, -0.25) is 9.59 Å². The summed E-state index contributed by atoms with van der Waals surface area (Å²) in [5.74, 6) is -0.427. The van der Waals surface area contributed by atoms with Crippen molar-refractivity contribution in [1.29, 1.82) is 0 Å². The Morgan fingerprint density at radius 1 is 1.35 bits per heavy atom. The van der Waals surface area contributed by atoms with E-state index in [0.717, 1.165) is 10.8 Å². The number of ether oxygens (including phenoxy) is 1. The van der Waals surface area contributed by atoms with Gasteiger partial charge in [-0.05, 0) is 16.8 Å². The number of hydrogen-bond acceptors (Lipinski definition) is 3. The summed E-state index contributed by atoms with van der Waals surface area (Å²) in [7, 11) is 1.52. The first-order valence-corrected chi connectivity index (χ1v) is 6.14. The molecule has 1 atom stereocenters. The number of fused-ring (bicyclic) bond motifs is 1. The van der Waals surface area contributed by atoms with Gasteiger partial charge < -0.3 is 15.2 Å². The van der Waals surface area contributed by atoms with E-state index in [1.54, 1.807) is 6.07 Å². The minimum absolute atomic E-state index is 0.205. The number of hydrogen-bond donors (Lipinski definition) is 2. The number of carbonyl (C=O) groups is 2. The first kappa shape index (κ1) is 13.9. The van der Waals surface area contributed by atoms with Crippen LogP contribution in [0.1, 0.15) is 18.0 Å². The zero-order valence-corrected chi connectivity index (χ0v) is 11.0. The van der Waals surface area contributed by atoms with Crippen molar-refractivity contribution in [3.63, 3.8) is 0 Å². The lowest BCUT2D eigenvalue weighted by molar-refractivity contribution is -0.137. The van der Waals surface area contributed by atoms with E-state index >= 15 is 0 Å². The molecule has 0 fully saturated rings. The molecule has 1 amide bonds. The molecule has 0 aliphatic rings. The second-order valence-corrected chi connectivity index (χ2v) is 4.34. The smallest absolute Gasteiger partial charge is 0.305 e. The Morgan fingerprint density at radius 3 is 2.75 bits per heavy atom. The molecule has 20 heavy (non-hydrogen) atoms. The molecule has 0 saturated heterocycles. The van der Waals surface area contributed by atoms with Gasteiger partial charge in [-0.15, -0.1) is 0 Å². The molecule has 2 N–H and O–H groups in total. The van der Waals surface area contributed by atoms with Crippen LogP contribution in [0.5, 0.6) is 5.75 Å². The molecule has 0 aliphatic heterocycles. The highest BCUT2D eigenvalue weighted by Crippen LogP contribution is 2.34. The van der Waals surface area contributed by atoms with Crippen LogP contribution in [0, 0.1) is 0 Å². The van der Waals surface area contributed by atoms with Crippen molar-refractivity contribution in [2.24, 2.45) is 0 Å². The highest BCUT2D eigenvalue weighted by atomic mass is 16.5. The van der Waals surface area contributed by atoms with Crippen LogP contribution in [0.15, 0.2) is 36.4 Å². The molecule has 0 spiro atoms. The maximum absolute atomic E-state index is 11.0. The van der Waals surface area contributed by atoms with Gasteiger partial charge in [0.1, 0.15) is 5.75 Å². The fourth-order valence-electron chi connectivity index (χ4n) is 2.31. The van der Waals surface area contributed by atoms with Crippen LogP contribution in [-0.2, 0) is 9.59 Å². The van der Waals surface area contributed by atoms with Crippen LogP contribution < -0.4 is 10.1 Å². The Balaban J connectivity index is 2.63. The molecule has 0 aliphatic carbocycles. The van der Waals surface area contributed by atoms with Crippen molar-refractivity contribution in [3.8, 4) is 5.75 Å². The Hall–Kier alpha value is -2.56. The van der Waals surface area contributed by atoms with E-state index in [0.29, 0.717) is 17.7 Å². The van der Waals surface area contributed by atoms with Gasteiger partial charge in [0.25, 0.3) is 0 Å². The first-order valence-electron chi connectivity index (χ1n) is 6.14. The number of aliphatic carboxylic acids is 1. The van der Waals surface area contributed by atoms with Crippen LogP contribution in [0.4, 0.5) is 0 Å². The molecule has 0 heterocycles. The van der Waals surface area contributed by atoms with Gasteiger partial charge in [0, 0.05) is 5.56 Å². The summed E-state index contributed by atoms with van der Waals surface area (Å²) in [4.78, 5) is 21.8. The van der Waals surface area contributed by atoms with E-state index in [1.807, 2.05) is 30.3 Å². The summed E-state index contributed by atoms with van der Waals surface area (Å²) in [6, 6.07) is 10.6. The number of nitrogens with one attached hydrogen (secondary N) is 1. The lowest BCUT2D eigenvalue weighted by Crippen LogP contribution is -2.23. The zero-order chi connectivity index (χ0) is 14.5. The minimum Gasteiger partial charge on any atom is -0.496 e. The van der Waals surface area contributed by atoms with Gasteiger partial charge in [-0.25, -0.2) is 0 Å². The van der Waals surface area contributed by atoms with Gasteiger partial charge >= 0.3 is 5.97 Å². The highest BCUT2D eigenvalue weighted by Gasteiger charge is 2.21. The second-order valence-electron chi connectivity index (χ2n) is 4.34. The molecular formula is C15H15NO4. The fraction of sp³-hybridized carbons (Fsp3) is 0.200. The van der Waals surface area contributed by atoms with Crippen molar-refractivity contribution in [2.75, 3.05) is 7.11 Å². The van der Waals surface area contributed by atoms with Gasteiger partial charge in [0.05, 0.1) is 19.6 Å². The van der Waals surface area contributed by atoms with E-state index in [-0.39, 0.29) is 6.42 Å². The third kappa shape index (κ3) is 2.71. The van der Waals surface area contributed by atoms with Crippen molar-refractivity contribution >= 4 is 23.2 Å². The SMILES string of the molecule is COc1ccc2ccccc2c1C(CC(=O)O)NC=O. The summed E-state index contributed by atoms with van der Waals surface area (Å²) in [5, 5.41) is 13.4. The summed E-state index contributed by atoms with van der Waals surface area (Å²) in [6.45, 7) is 0. The van der Waals surface area contributed by atoms with Crippen LogP contribution >= 0.6 is 0 Å². The quantitative estimate of drug-likeness (QED) is 0.790. The lowest BCUT2D eigenvalue weighted by atomic mass is 9.95. The number of amides is 1. The monoisotopic (exact) mass is 273 g/mol. The Kier molecular flexibility index (Phi) is 4.20. The second kappa shape index (κ2) is 6.06. The topological polar surface area (TPSA) is 75.6 Å². The molecule has 5 nitrogen and oxygen atoms in total. The Bertz CT molecular complexity index is 639. The molecule has 5 heteroatoms. The van der Waals surface area contributed by atoms with Gasteiger partial charge in [0.15, 0.2) is 0 Å². The number of benzene rings is 2. The average molecular weight is 273 g/mol. The molecule has 0 saturated carbocycles. The summed E-state index contributed by atoms with van der Waals surface area (Å²) < 4.78 is 5.31. The number of methoxy groups -OCH3 is 1. The molecule has 104 valence electrons. The van der Waals surface area contributed by atoms with E-state index in [1.165, 1.54) is 7.11 Å². The molecule has 0 aromatic heterocycles. The standard InChI is InChI=1S/C15H15NO4/c1-20-13-7-6-10-4-2-3-5-11(10)15(13)12(16-9-17)8-14(18)19/h2-7,9,12H,8H2,1H3,(H,16,17)(H,18,19). The van der Waals surface area contributed by atoms with Crippen LogP contribution in [0.2, 0.25) is 0 Å². The molecular weight excluding hydrogens is 258 g/mol. The van der Waals surface area contributed by atoms with E-state index in [9.17, 15) is 9.59 Å². The van der Waals surface area contributed by atoms with E-state index in [2.05, 4.69) is 5.32 Å². The molecule has 0 bridgehead atoms. The van der Waals surface area contributed by atoms with Crippen LogP contribution in [0.25, 0.3) is 10.8 Å². The van der Waals surface area contributed by atoms with Crippen molar-refractivity contribution < 1.29 is 19.4 Å². The largest absolute Gasteiger partial charge is 0.496 e. The maximum atomic E-state index is 11.0.